The van der Waals surface area contributed by atoms with E-state index in [1.54, 1.807) is 31.4 Å². The highest BCUT2D eigenvalue weighted by Gasteiger charge is 2.16. The fraction of sp³-hybridized carbons (Fsp3) is 0.375. The van der Waals surface area contributed by atoms with E-state index >= 15 is 0 Å². The summed E-state index contributed by atoms with van der Waals surface area (Å²) in [5.74, 6) is 0.928. The molecule has 8 nitrogen and oxygen atoms in total. The first-order valence-corrected chi connectivity index (χ1v) is 10.7. The third-order valence-electron chi connectivity index (χ3n) is 5.41. The fourth-order valence-corrected chi connectivity index (χ4v) is 3.50. The predicted octanol–water partition coefficient (Wildman–Crippen LogP) is 2.59. The van der Waals surface area contributed by atoms with Gasteiger partial charge in [-0.05, 0) is 36.9 Å². The van der Waals surface area contributed by atoms with Crippen LogP contribution < -0.4 is 20.3 Å². The van der Waals surface area contributed by atoms with E-state index in [-0.39, 0.29) is 23.7 Å². The quantitative estimate of drug-likeness (QED) is 0.524. The van der Waals surface area contributed by atoms with Gasteiger partial charge in [-0.2, -0.15) is 5.10 Å². The number of aromatic nitrogens is 2. The largest absolute Gasteiger partial charge is 0.493 e. The van der Waals surface area contributed by atoms with Gasteiger partial charge in [-0.15, -0.1) is 0 Å². The summed E-state index contributed by atoms with van der Waals surface area (Å²) in [4.78, 5) is 27.4. The Kier molecular flexibility index (Phi) is 7.83. The van der Waals surface area contributed by atoms with Crippen molar-refractivity contribution in [1.29, 1.82) is 0 Å². The third kappa shape index (κ3) is 5.26. The molecule has 0 aliphatic heterocycles. The molecule has 2 aromatic carbocycles. The summed E-state index contributed by atoms with van der Waals surface area (Å²) in [5.41, 5.74) is 0.838. The van der Waals surface area contributed by atoms with E-state index in [4.69, 9.17) is 9.47 Å². The number of amides is 1. The number of nitrogens with one attached hydrogen (secondary N) is 1. The Balaban J connectivity index is 1.70. The SMILES string of the molecule is CCN(CC)CCOc1ccc(CNC(=O)c2nn(C)c(=O)c3ccccc23)cc1OC. The molecule has 3 aromatic rings. The highest BCUT2D eigenvalue weighted by molar-refractivity contribution is 6.04. The molecule has 0 bridgehead atoms. The zero-order chi connectivity index (χ0) is 23.1. The molecule has 0 fully saturated rings. The van der Waals surface area contributed by atoms with Crippen molar-refractivity contribution < 1.29 is 14.3 Å². The summed E-state index contributed by atoms with van der Waals surface area (Å²) >= 11 is 0. The van der Waals surface area contributed by atoms with Crippen LogP contribution in [0.5, 0.6) is 11.5 Å². The van der Waals surface area contributed by atoms with Gasteiger partial charge in [0.05, 0.1) is 12.5 Å². The molecule has 8 heteroatoms. The van der Waals surface area contributed by atoms with Crippen LogP contribution in [0.2, 0.25) is 0 Å². The molecule has 170 valence electrons. The number of ether oxygens (including phenoxy) is 2. The van der Waals surface area contributed by atoms with Crippen LogP contribution in [0, 0.1) is 0 Å². The molecule has 32 heavy (non-hydrogen) atoms. The Labute approximate surface area is 187 Å². The van der Waals surface area contributed by atoms with Crippen molar-refractivity contribution in [1.82, 2.24) is 20.0 Å². The van der Waals surface area contributed by atoms with Gasteiger partial charge in [0, 0.05) is 25.5 Å². The Hall–Kier alpha value is -3.39. The summed E-state index contributed by atoms with van der Waals surface area (Å²) in [5, 5.41) is 8.04. The second-order valence-electron chi connectivity index (χ2n) is 7.37. The highest BCUT2D eigenvalue weighted by Crippen LogP contribution is 2.28. The molecule has 0 radical (unpaired) electrons. The maximum Gasteiger partial charge on any atom is 0.274 e. The number of fused-ring (bicyclic) bond motifs is 1. The van der Waals surface area contributed by atoms with Crippen LogP contribution in [-0.4, -0.2) is 53.9 Å². The maximum atomic E-state index is 12.8. The van der Waals surface area contributed by atoms with Crippen molar-refractivity contribution in [3.63, 3.8) is 0 Å². The summed E-state index contributed by atoms with van der Waals surface area (Å²) in [6.45, 7) is 7.91. The Bertz CT molecular complexity index is 1140. The molecule has 0 aliphatic carbocycles. The molecule has 1 aromatic heterocycles. The Morgan fingerprint density at radius 2 is 1.81 bits per heavy atom. The third-order valence-corrected chi connectivity index (χ3v) is 5.41. The van der Waals surface area contributed by atoms with E-state index in [1.165, 1.54) is 11.7 Å². The fourth-order valence-electron chi connectivity index (χ4n) is 3.50. The summed E-state index contributed by atoms with van der Waals surface area (Å²) < 4.78 is 12.5. The second kappa shape index (κ2) is 10.8. The van der Waals surface area contributed by atoms with Crippen LogP contribution in [0.25, 0.3) is 10.8 Å². The summed E-state index contributed by atoms with van der Waals surface area (Å²) in [7, 11) is 3.13. The van der Waals surface area contributed by atoms with E-state index in [0.29, 0.717) is 28.9 Å². The molecule has 0 aliphatic rings. The zero-order valence-electron chi connectivity index (χ0n) is 19.1. The lowest BCUT2D eigenvalue weighted by atomic mass is 10.1. The average Bonchev–Trinajstić information content (AvgIpc) is 2.83. The number of aryl methyl sites for hydroxylation is 1. The van der Waals surface area contributed by atoms with Crippen molar-refractivity contribution in [2.24, 2.45) is 7.05 Å². The Morgan fingerprint density at radius 3 is 2.50 bits per heavy atom. The number of hydrogen-bond acceptors (Lipinski definition) is 6. The van der Waals surface area contributed by atoms with Crippen molar-refractivity contribution in [3.8, 4) is 11.5 Å². The molecule has 1 amide bonds. The minimum atomic E-state index is -0.352. The molecule has 0 saturated heterocycles. The number of methoxy groups -OCH3 is 1. The number of nitrogens with zero attached hydrogens (tertiary/aromatic N) is 3. The van der Waals surface area contributed by atoms with Gasteiger partial charge < -0.3 is 19.7 Å². The molecule has 3 rings (SSSR count). The zero-order valence-corrected chi connectivity index (χ0v) is 19.1. The van der Waals surface area contributed by atoms with E-state index in [1.807, 2.05) is 18.2 Å². The number of carbonyl (C=O) groups excluding carboxylic acids is 1. The number of rotatable bonds is 10. The molecule has 0 saturated carbocycles. The van der Waals surface area contributed by atoms with Gasteiger partial charge in [0.15, 0.2) is 17.2 Å². The van der Waals surface area contributed by atoms with Gasteiger partial charge in [0.25, 0.3) is 11.5 Å². The normalized spacial score (nSPS) is 11.0. The van der Waals surface area contributed by atoms with Crippen LogP contribution in [0.3, 0.4) is 0 Å². The lowest BCUT2D eigenvalue weighted by Crippen LogP contribution is -2.29. The molecular weight excluding hydrogens is 408 g/mol. The van der Waals surface area contributed by atoms with Crippen LogP contribution in [0.15, 0.2) is 47.3 Å². The second-order valence-corrected chi connectivity index (χ2v) is 7.37. The van der Waals surface area contributed by atoms with E-state index in [2.05, 4.69) is 29.2 Å². The predicted molar refractivity (Wildman–Crippen MR) is 124 cm³/mol. The maximum absolute atomic E-state index is 12.8. The molecule has 1 N–H and O–H groups in total. The van der Waals surface area contributed by atoms with Crippen molar-refractivity contribution in [2.75, 3.05) is 33.4 Å². The van der Waals surface area contributed by atoms with Gasteiger partial charge in [-0.25, -0.2) is 4.68 Å². The number of likely N-dealkylation sites (N-methyl/N-ethyl adjacent to an activating group) is 1. The van der Waals surface area contributed by atoms with Gasteiger partial charge in [-0.1, -0.05) is 38.1 Å². The van der Waals surface area contributed by atoms with Gasteiger partial charge in [-0.3, -0.25) is 9.59 Å². The first-order valence-electron chi connectivity index (χ1n) is 10.7. The first-order chi connectivity index (χ1) is 15.5. The van der Waals surface area contributed by atoms with Crippen molar-refractivity contribution in [2.45, 2.75) is 20.4 Å². The van der Waals surface area contributed by atoms with E-state index in [0.717, 1.165) is 25.2 Å². The summed E-state index contributed by atoms with van der Waals surface area (Å²) in [6.07, 6.45) is 0. The average molecular weight is 439 g/mol. The van der Waals surface area contributed by atoms with Crippen LogP contribution in [0.4, 0.5) is 0 Å². The van der Waals surface area contributed by atoms with Crippen LogP contribution in [-0.2, 0) is 13.6 Å². The van der Waals surface area contributed by atoms with Crippen LogP contribution >= 0.6 is 0 Å². The highest BCUT2D eigenvalue weighted by atomic mass is 16.5. The van der Waals surface area contributed by atoms with Gasteiger partial charge in [0.2, 0.25) is 0 Å². The Morgan fingerprint density at radius 1 is 1.09 bits per heavy atom. The first kappa shape index (κ1) is 23.3. The lowest BCUT2D eigenvalue weighted by Gasteiger charge is -2.19. The minimum Gasteiger partial charge on any atom is -0.493 e. The molecule has 0 spiro atoms. The van der Waals surface area contributed by atoms with Crippen LogP contribution in [0.1, 0.15) is 29.9 Å². The minimum absolute atomic E-state index is 0.214. The molecule has 0 unspecified atom stereocenters. The monoisotopic (exact) mass is 438 g/mol. The smallest absolute Gasteiger partial charge is 0.274 e. The number of benzene rings is 2. The topological polar surface area (TPSA) is 85.7 Å². The van der Waals surface area contributed by atoms with Gasteiger partial charge >= 0.3 is 0 Å². The van der Waals surface area contributed by atoms with Crippen molar-refractivity contribution >= 4 is 16.7 Å². The molecular formula is C24H30N4O4. The number of hydrogen-bond donors (Lipinski definition) is 1. The van der Waals surface area contributed by atoms with E-state index < -0.39 is 0 Å². The molecule has 1 heterocycles. The lowest BCUT2D eigenvalue weighted by molar-refractivity contribution is 0.0945. The standard InChI is InChI=1S/C24H30N4O4/c1-5-28(6-2)13-14-32-20-12-11-17(15-21(20)31-4)16-25-23(29)22-18-9-7-8-10-19(18)24(30)27(3)26-22/h7-12,15H,5-6,13-14,16H2,1-4H3,(H,25,29). The van der Waals surface area contributed by atoms with E-state index in [9.17, 15) is 9.59 Å². The van der Waals surface area contributed by atoms with Crippen molar-refractivity contribution in [3.05, 3.63) is 64.1 Å². The number of carbonyl (C=O) groups is 1. The van der Waals surface area contributed by atoms with Gasteiger partial charge in [0.1, 0.15) is 6.61 Å². The molecule has 0 atom stereocenters. The summed E-state index contributed by atoms with van der Waals surface area (Å²) in [6, 6.07) is 12.6.